The van der Waals surface area contributed by atoms with Gasteiger partial charge < -0.3 is 15.2 Å². The SMILES string of the molecule is COCCCCCNC(=O)CC(=O)O. The van der Waals surface area contributed by atoms with Crippen LogP contribution in [0.25, 0.3) is 0 Å². The molecule has 0 aliphatic rings. The molecule has 0 aromatic carbocycles. The molecule has 0 aliphatic heterocycles. The quantitative estimate of drug-likeness (QED) is 0.442. The Hall–Kier alpha value is -1.10. The molecule has 1 amide bonds. The van der Waals surface area contributed by atoms with Gasteiger partial charge in [-0.05, 0) is 19.3 Å². The molecular weight excluding hydrogens is 186 g/mol. The first-order valence-corrected chi connectivity index (χ1v) is 4.64. The van der Waals surface area contributed by atoms with E-state index in [0.29, 0.717) is 6.54 Å². The monoisotopic (exact) mass is 203 g/mol. The molecule has 14 heavy (non-hydrogen) atoms. The Kier molecular flexibility index (Phi) is 7.83. The summed E-state index contributed by atoms with van der Waals surface area (Å²) in [7, 11) is 1.65. The number of hydrogen-bond donors (Lipinski definition) is 2. The van der Waals surface area contributed by atoms with Crippen molar-refractivity contribution in [1.29, 1.82) is 0 Å². The second kappa shape index (κ2) is 8.50. The third-order valence-electron chi connectivity index (χ3n) is 1.66. The summed E-state index contributed by atoms with van der Waals surface area (Å²) in [5, 5.41) is 10.8. The minimum atomic E-state index is -1.10. The van der Waals surface area contributed by atoms with Crippen LogP contribution in [0.4, 0.5) is 0 Å². The fraction of sp³-hybridized carbons (Fsp3) is 0.778. The highest BCUT2D eigenvalue weighted by Crippen LogP contribution is 1.93. The zero-order valence-electron chi connectivity index (χ0n) is 8.41. The molecule has 0 spiro atoms. The van der Waals surface area contributed by atoms with Gasteiger partial charge in [0.25, 0.3) is 0 Å². The molecule has 0 aromatic rings. The topological polar surface area (TPSA) is 75.6 Å². The molecular formula is C9H17NO4. The van der Waals surface area contributed by atoms with Gasteiger partial charge in [-0.15, -0.1) is 0 Å². The van der Waals surface area contributed by atoms with E-state index in [4.69, 9.17) is 9.84 Å². The molecule has 0 heterocycles. The van der Waals surface area contributed by atoms with Gasteiger partial charge in [-0.3, -0.25) is 9.59 Å². The van der Waals surface area contributed by atoms with E-state index >= 15 is 0 Å². The first kappa shape index (κ1) is 12.9. The lowest BCUT2D eigenvalue weighted by atomic mass is 10.2. The number of aliphatic carboxylic acids is 1. The highest BCUT2D eigenvalue weighted by molar-refractivity contribution is 5.93. The number of carboxylic acids is 1. The Bertz CT molecular complexity index is 182. The number of amides is 1. The molecule has 82 valence electrons. The summed E-state index contributed by atoms with van der Waals surface area (Å²) in [4.78, 5) is 20.9. The fourth-order valence-electron chi connectivity index (χ4n) is 0.976. The van der Waals surface area contributed by atoms with E-state index in [1.807, 2.05) is 0 Å². The van der Waals surface area contributed by atoms with Crippen molar-refractivity contribution >= 4 is 11.9 Å². The van der Waals surface area contributed by atoms with Crippen LogP contribution in [0.5, 0.6) is 0 Å². The first-order chi connectivity index (χ1) is 6.66. The van der Waals surface area contributed by atoms with Gasteiger partial charge in [-0.1, -0.05) is 0 Å². The van der Waals surface area contributed by atoms with Gasteiger partial charge in [-0.2, -0.15) is 0 Å². The van der Waals surface area contributed by atoms with Crippen LogP contribution in [0.1, 0.15) is 25.7 Å². The van der Waals surface area contributed by atoms with E-state index in [0.717, 1.165) is 25.9 Å². The number of methoxy groups -OCH3 is 1. The van der Waals surface area contributed by atoms with Crippen LogP contribution in [0.2, 0.25) is 0 Å². The molecule has 0 aromatic heterocycles. The average molecular weight is 203 g/mol. The number of ether oxygens (including phenoxy) is 1. The third kappa shape index (κ3) is 8.99. The van der Waals surface area contributed by atoms with Gasteiger partial charge in [0.05, 0.1) is 0 Å². The van der Waals surface area contributed by atoms with E-state index in [9.17, 15) is 9.59 Å². The van der Waals surface area contributed by atoms with Crippen molar-refractivity contribution < 1.29 is 19.4 Å². The van der Waals surface area contributed by atoms with Crippen LogP contribution >= 0.6 is 0 Å². The van der Waals surface area contributed by atoms with Crippen LogP contribution in [0, 0.1) is 0 Å². The standard InChI is InChI=1S/C9H17NO4/c1-14-6-4-2-3-5-10-8(11)7-9(12)13/h2-7H2,1H3,(H,10,11)(H,12,13). The van der Waals surface area contributed by atoms with Crippen LogP contribution in [0.15, 0.2) is 0 Å². The lowest BCUT2D eigenvalue weighted by Crippen LogP contribution is -2.26. The van der Waals surface area contributed by atoms with Crippen molar-refractivity contribution in [3.05, 3.63) is 0 Å². The lowest BCUT2D eigenvalue weighted by molar-refractivity contribution is -0.140. The van der Waals surface area contributed by atoms with Crippen molar-refractivity contribution in [2.45, 2.75) is 25.7 Å². The van der Waals surface area contributed by atoms with Gasteiger partial charge in [0.15, 0.2) is 0 Å². The number of hydrogen-bond acceptors (Lipinski definition) is 3. The van der Waals surface area contributed by atoms with Gasteiger partial charge in [0, 0.05) is 20.3 Å². The van der Waals surface area contributed by atoms with E-state index in [2.05, 4.69) is 5.32 Å². The molecule has 5 nitrogen and oxygen atoms in total. The molecule has 0 saturated heterocycles. The largest absolute Gasteiger partial charge is 0.481 e. The lowest BCUT2D eigenvalue weighted by Gasteiger charge is -2.02. The maximum atomic E-state index is 10.8. The molecule has 0 radical (unpaired) electrons. The maximum Gasteiger partial charge on any atom is 0.312 e. The second-order valence-electron chi connectivity index (χ2n) is 2.97. The third-order valence-corrected chi connectivity index (χ3v) is 1.66. The Morgan fingerprint density at radius 3 is 2.57 bits per heavy atom. The number of carboxylic acid groups (broad SMARTS) is 1. The molecule has 0 aliphatic carbocycles. The van der Waals surface area contributed by atoms with E-state index < -0.39 is 18.3 Å². The molecule has 5 heteroatoms. The van der Waals surface area contributed by atoms with Crippen molar-refractivity contribution in [3.8, 4) is 0 Å². The average Bonchev–Trinajstić information content (AvgIpc) is 2.10. The summed E-state index contributed by atoms with van der Waals surface area (Å²) in [6.07, 6.45) is 2.35. The summed E-state index contributed by atoms with van der Waals surface area (Å²) >= 11 is 0. The van der Waals surface area contributed by atoms with E-state index in [-0.39, 0.29) is 0 Å². The summed E-state index contributed by atoms with van der Waals surface area (Å²) in [5.74, 6) is -1.52. The minimum absolute atomic E-state index is 0.427. The fourth-order valence-corrected chi connectivity index (χ4v) is 0.976. The van der Waals surface area contributed by atoms with Crippen molar-refractivity contribution in [3.63, 3.8) is 0 Å². The van der Waals surface area contributed by atoms with Crippen LogP contribution in [0.3, 0.4) is 0 Å². The molecule has 0 bridgehead atoms. The molecule has 0 atom stereocenters. The molecule has 2 N–H and O–H groups in total. The summed E-state index contributed by atoms with van der Waals surface area (Å²) in [6, 6.07) is 0. The Labute approximate surface area is 83.4 Å². The van der Waals surface area contributed by atoms with Gasteiger partial charge >= 0.3 is 5.97 Å². The highest BCUT2D eigenvalue weighted by atomic mass is 16.5. The first-order valence-electron chi connectivity index (χ1n) is 4.64. The zero-order valence-corrected chi connectivity index (χ0v) is 8.41. The number of nitrogens with one attached hydrogen (secondary N) is 1. The van der Waals surface area contributed by atoms with E-state index in [1.165, 1.54) is 0 Å². The number of unbranched alkanes of at least 4 members (excludes halogenated alkanes) is 2. The number of carbonyl (C=O) groups excluding carboxylic acids is 1. The minimum Gasteiger partial charge on any atom is -0.481 e. The second-order valence-corrected chi connectivity index (χ2v) is 2.97. The molecule has 0 fully saturated rings. The van der Waals surface area contributed by atoms with E-state index in [1.54, 1.807) is 7.11 Å². The van der Waals surface area contributed by atoms with Crippen molar-refractivity contribution in [2.75, 3.05) is 20.3 Å². The summed E-state index contributed by atoms with van der Waals surface area (Å²) < 4.78 is 4.86. The predicted octanol–water partition coefficient (Wildman–Crippen LogP) is 0.394. The van der Waals surface area contributed by atoms with Crippen LogP contribution in [-0.4, -0.2) is 37.2 Å². The zero-order chi connectivity index (χ0) is 10.8. The summed E-state index contributed by atoms with van der Waals surface area (Å²) in [6.45, 7) is 1.26. The van der Waals surface area contributed by atoms with Crippen molar-refractivity contribution in [2.24, 2.45) is 0 Å². The van der Waals surface area contributed by atoms with Gasteiger partial charge in [-0.25, -0.2) is 0 Å². The highest BCUT2D eigenvalue weighted by Gasteiger charge is 2.05. The van der Waals surface area contributed by atoms with Crippen molar-refractivity contribution in [1.82, 2.24) is 5.32 Å². The molecule has 0 unspecified atom stereocenters. The smallest absolute Gasteiger partial charge is 0.312 e. The van der Waals surface area contributed by atoms with Gasteiger partial charge in [0.1, 0.15) is 6.42 Å². The Morgan fingerprint density at radius 2 is 2.00 bits per heavy atom. The number of carbonyl (C=O) groups is 2. The Morgan fingerprint density at radius 1 is 1.29 bits per heavy atom. The summed E-state index contributed by atoms with van der Waals surface area (Å²) in [5.41, 5.74) is 0. The van der Waals surface area contributed by atoms with Crippen LogP contribution in [-0.2, 0) is 14.3 Å². The maximum absolute atomic E-state index is 10.8. The normalized spacial score (nSPS) is 9.79. The Balaban J connectivity index is 3.19. The predicted molar refractivity (Wildman–Crippen MR) is 51.0 cm³/mol. The molecule has 0 saturated carbocycles. The van der Waals surface area contributed by atoms with Gasteiger partial charge in [0.2, 0.25) is 5.91 Å². The van der Waals surface area contributed by atoms with Crippen LogP contribution < -0.4 is 5.32 Å². The molecule has 0 rings (SSSR count). The number of rotatable bonds is 8.